The van der Waals surface area contributed by atoms with E-state index in [4.69, 9.17) is 25.4 Å². The number of unbranched alkanes of at least 4 members (excludes halogenated alkanes) is 1. The summed E-state index contributed by atoms with van der Waals surface area (Å²) in [5, 5.41) is 0. The van der Waals surface area contributed by atoms with Crippen LogP contribution in [0.1, 0.15) is 48.5 Å². The van der Waals surface area contributed by atoms with Gasteiger partial charge in [0.05, 0.1) is 19.8 Å². The van der Waals surface area contributed by atoms with Crippen LogP contribution in [-0.2, 0) is 9.53 Å². The quantitative estimate of drug-likeness (QED) is 0.341. The van der Waals surface area contributed by atoms with Crippen molar-refractivity contribution < 1.29 is 46.6 Å². The number of hydrogen-bond acceptors (Lipinski definition) is 10. The smallest absolute Gasteiger partial charge is 0.409 e. The van der Waals surface area contributed by atoms with Gasteiger partial charge in [0.1, 0.15) is 0 Å². The minimum Gasteiger partial charge on any atom is -0.490 e. The highest BCUT2D eigenvalue weighted by Gasteiger charge is 2.30. The van der Waals surface area contributed by atoms with Crippen molar-refractivity contribution in [3.05, 3.63) is 29.7 Å². The fourth-order valence-corrected chi connectivity index (χ4v) is 5.13. The van der Waals surface area contributed by atoms with Crippen LogP contribution in [0.25, 0.3) is 11.5 Å². The van der Waals surface area contributed by atoms with Gasteiger partial charge in [-0.2, -0.15) is 8.78 Å². The van der Waals surface area contributed by atoms with Crippen molar-refractivity contribution in [2.45, 2.75) is 38.8 Å². The summed E-state index contributed by atoms with van der Waals surface area (Å²) in [5.74, 6) is -0.524. The third kappa shape index (κ3) is 8.52. The number of rotatable bonds is 11. The number of carbonyl (C=O) groups excluding carboxylic acids is 4. The van der Waals surface area contributed by atoms with Gasteiger partial charge in [0.25, 0.3) is 5.91 Å². The number of aromatic nitrogens is 1. The van der Waals surface area contributed by atoms with E-state index >= 15 is 0 Å². The van der Waals surface area contributed by atoms with Crippen molar-refractivity contribution in [1.29, 1.82) is 0 Å². The summed E-state index contributed by atoms with van der Waals surface area (Å²) < 4.78 is 47.3. The monoisotopic (exact) mass is 651 g/mol. The van der Waals surface area contributed by atoms with E-state index in [2.05, 4.69) is 9.72 Å². The van der Waals surface area contributed by atoms with Gasteiger partial charge >= 0.3 is 18.7 Å². The molecule has 0 radical (unpaired) electrons. The van der Waals surface area contributed by atoms with Crippen molar-refractivity contribution >= 4 is 23.9 Å². The normalized spacial score (nSPS) is 16.0. The lowest BCUT2D eigenvalue weighted by atomic mass is 10.2. The number of nitrogens with two attached hydrogens (primary N) is 2. The Morgan fingerprint density at radius 3 is 2.17 bits per heavy atom. The maximum Gasteiger partial charge on any atom is 0.409 e. The van der Waals surface area contributed by atoms with E-state index in [9.17, 15) is 28.0 Å². The van der Waals surface area contributed by atoms with E-state index in [-0.39, 0.29) is 74.0 Å². The fourth-order valence-electron chi connectivity index (χ4n) is 5.13. The highest BCUT2D eigenvalue weighted by molar-refractivity contribution is 5.94. The summed E-state index contributed by atoms with van der Waals surface area (Å²) in [6, 6.07) is 2.89. The summed E-state index contributed by atoms with van der Waals surface area (Å²) in [5.41, 5.74) is 11.7. The van der Waals surface area contributed by atoms with Crippen LogP contribution in [-0.4, -0.2) is 121 Å². The third-order valence-corrected chi connectivity index (χ3v) is 7.66. The number of carbonyl (C=O) groups is 4. The molecule has 1 aromatic carbocycles. The van der Waals surface area contributed by atoms with Crippen LogP contribution >= 0.6 is 0 Å². The van der Waals surface area contributed by atoms with Gasteiger partial charge < -0.3 is 49.7 Å². The average molecular weight is 652 g/mol. The molecule has 4 rings (SSSR count). The standard InChI is InChI=1S/C29H39F2N7O8/c1-18(32)24-23(26(40)36-10-12-37(13-11-36)28(33)41)34-25(46-24)19-6-7-20(45-27(30)31)21(17-19)44-16-4-3-5-22(39)35-8-14-38(15-9-35)29(42)43-2/h6-7,17-18,27H,3-5,8-16,32H2,1-2H3,(H2,33,41)/t18-/m0/s1. The summed E-state index contributed by atoms with van der Waals surface area (Å²) in [6.07, 6.45) is 0.762. The van der Waals surface area contributed by atoms with Crippen molar-refractivity contribution in [3.8, 4) is 23.0 Å². The first-order valence-corrected chi connectivity index (χ1v) is 14.9. The molecular weight excluding hydrogens is 612 g/mol. The Labute approximate surface area is 264 Å². The molecule has 46 heavy (non-hydrogen) atoms. The zero-order valence-electron chi connectivity index (χ0n) is 25.8. The second-order valence-electron chi connectivity index (χ2n) is 10.8. The number of primary amides is 1. The topological polar surface area (TPSA) is 187 Å². The maximum atomic E-state index is 13.3. The number of benzene rings is 1. The van der Waals surface area contributed by atoms with E-state index in [1.165, 1.54) is 40.0 Å². The molecule has 0 aliphatic carbocycles. The van der Waals surface area contributed by atoms with E-state index < -0.39 is 30.7 Å². The fraction of sp³-hybridized carbons (Fsp3) is 0.552. The number of hydrogen-bond donors (Lipinski definition) is 2. The maximum absolute atomic E-state index is 13.3. The molecule has 0 spiro atoms. The summed E-state index contributed by atoms with van der Waals surface area (Å²) in [7, 11) is 1.31. The Morgan fingerprint density at radius 2 is 1.57 bits per heavy atom. The number of halogens is 2. The molecule has 0 bridgehead atoms. The second kappa shape index (κ2) is 15.6. The van der Waals surface area contributed by atoms with Gasteiger partial charge in [-0.15, -0.1) is 0 Å². The summed E-state index contributed by atoms with van der Waals surface area (Å²) in [4.78, 5) is 59.6. The van der Waals surface area contributed by atoms with Gasteiger partial charge in [-0.3, -0.25) is 9.59 Å². The molecule has 2 saturated heterocycles. The van der Waals surface area contributed by atoms with Crippen LogP contribution in [0.15, 0.2) is 22.6 Å². The Morgan fingerprint density at radius 1 is 0.935 bits per heavy atom. The number of piperazine rings is 2. The Bertz CT molecular complexity index is 1390. The minimum atomic E-state index is -3.10. The zero-order chi connectivity index (χ0) is 33.4. The molecular formula is C29H39F2N7O8. The summed E-state index contributed by atoms with van der Waals surface area (Å²) >= 11 is 0. The number of amides is 5. The highest BCUT2D eigenvalue weighted by Crippen LogP contribution is 2.35. The average Bonchev–Trinajstić information content (AvgIpc) is 3.50. The number of oxazole rings is 1. The molecule has 252 valence electrons. The Balaban J connectivity index is 1.39. The number of alkyl halides is 2. The van der Waals surface area contributed by atoms with Crippen molar-refractivity contribution in [1.82, 2.24) is 24.6 Å². The van der Waals surface area contributed by atoms with E-state index in [1.807, 2.05) is 0 Å². The molecule has 0 unspecified atom stereocenters. The van der Waals surface area contributed by atoms with Crippen LogP contribution in [0, 0.1) is 0 Å². The van der Waals surface area contributed by atoms with Crippen LogP contribution in [0.4, 0.5) is 18.4 Å². The first-order chi connectivity index (χ1) is 22.0. The van der Waals surface area contributed by atoms with Crippen LogP contribution in [0.5, 0.6) is 11.5 Å². The number of urea groups is 1. The van der Waals surface area contributed by atoms with Crippen molar-refractivity contribution in [2.75, 3.05) is 66.1 Å². The van der Waals surface area contributed by atoms with Gasteiger partial charge in [0.15, 0.2) is 23.0 Å². The first-order valence-electron chi connectivity index (χ1n) is 14.9. The molecule has 1 aromatic heterocycles. The SMILES string of the molecule is COC(=O)N1CCN(C(=O)CCCCOc2cc(-c3nc(C(=O)N4CCN(C(N)=O)CC4)c([C@H](C)N)o3)ccc2OC(F)F)CC1. The van der Waals surface area contributed by atoms with Gasteiger partial charge in [-0.1, -0.05) is 0 Å². The van der Waals surface area contributed by atoms with Crippen molar-refractivity contribution in [3.63, 3.8) is 0 Å². The lowest BCUT2D eigenvalue weighted by molar-refractivity contribution is -0.132. The predicted molar refractivity (Wildman–Crippen MR) is 158 cm³/mol. The minimum absolute atomic E-state index is 0.000874. The number of methoxy groups -OCH3 is 1. The molecule has 2 aliphatic rings. The second-order valence-corrected chi connectivity index (χ2v) is 10.8. The number of ether oxygens (including phenoxy) is 3. The molecule has 15 nitrogen and oxygen atoms in total. The lowest BCUT2D eigenvalue weighted by Gasteiger charge is -2.33. The molecule has 5 amide bonds. The molecule has 2 aliphatic heterocycles. The Hall–Kier alpha value is -4.67. The molecule has 0 saturated carbocycles. The molecule has 2 aromatic rings. The van der Waals surface area contributed by atoms with Crippen LogP contribution in [0.2, 0.25) is 0 Å². The molecule has 17 heteroatoms. The van der Waals surface area contributed by atoms with E-state index in [0.29, 0.717) is 44.6 Å². The van der Waals surface area contributed by atoms with Gasteiger partial charge in [0, 0.05) is 64.3 Å². The highest BCUT2D eigenvalue weighted by atomic mass is 19.3. The first kappa shape index (κ1) is 34.2. The van der Waals surface area contributed by atoms with Crippen LogP contribution in [0.3, 0.4) is 0 Å². The predicted octanol–water partition coefficient (Wildman–Crippen LogP) is 2.26. The molecule has 3 heterocycles. The van der Waals surface area contributed by atoms with Crippen molar-refractivity contribution in [2.24, 2.45) is 11.5 Å². The Kier molecular flexibility index (Phi) is 11.6. The number of nitrogens with zero attached hydrogens (tertiary/aromatic N) is 5. The van der Waals surface area contributed by atoms with Gasteiger partial charge in [-0.25, -0.2) is 14.6 Å². The van der Waals surface area contributed by atoms with Crippen LogP contribution < -0.4 is 20.9 Å². The molecule has 1 atom stereocenters. The largest absolute Gasteiger partial charge is 0.490 e. The summed E-state index contributed by atoms with van der Waals surface area (Å²) in [6.45, 7) is 1.28. The molecule has 4 N–H and O–H groups in total. The van der Waals surface area contributed by atoms with E-state index in [0.717, 1.165) is 0 Å². The zero-order valence-corrected chi connectivity index (χ0v) is 25.8. The van der Waals surface area contributed by atoms with E-state index in [1.54, 1.807) is 11.8 Å². The third-order valence-electron chi connectivity index (χ3n) is 7.66. The van der Waals surface area contributed by atoms with Gasteiger partial charge in [0.2, 0.25) is 11.8 Å². The lowest BCUT2D eigenvalue weighted by Crippen LogP contribution is -2.52. The van der Waals surface area contributed by atoms with Gasteiger partial charge in [-0.05, 0) is 38.0 Å². The molecule has 2 fully saturated rings.